The molecule has 0 fully saturated rings. The summed E-state index contributed by atoms with van der Waals surface area (Å²) in [6.45, 7) is 2.30. The molecule has 0 aromatic carbocycles. The molecule has 2 rings (SSSR count). The third-order valence-corrected chi connectivity index (χ3v) is 8.41. The number of rotatable bonds is 20. The van der Waals surface area contributed by atoms with Crippen LogP contribution in [0, 0.1) is 0 Å². The van der Waals surface area contributed by atoms with Gasteiger partial charge in [-0.1, -0.05) is 122 Å². The molecule has 170 valence electrons. The zero-order valence-corrected chi connectivity index (χ0v) is 21.3. The monoisotopic (exact) mass is 446 g/mol. The first-order valence-corrected chi connectivity index (χ1v) is 14.7. The summed E-state index contributed by atoms with van der Waals surface area (Å²) in [5.74, 6) is 0. The van der Waals surface area contributed by atoms with Gasteiger partial charge in [-0.05, 0) is 36.4 Å². The van der Waals surface area contributed by atoms with E-state index in [0.29, 0.717) is 0 Å². The van der Waals surface area contributed by atoms with Crippen LogP contribution in [-0.2, 0) is 6.42 Å². The van der Waals surface area contributed by atoms with Crippen LogP contribution >= 0.6 is 22.7 Å². The maximum absolute atomic E-state index is 2.34. The van der Waals surface area contributed by atoms with Crippen LogP contribution in [0.25, 0.3) is 9.75 Å². The van der Waals surface area contributed by atoms with Gasteiger partial charge in [-0.3, -0.25) is 0 Å². The van der Waals surface area contributed by atoms with Crippen molar-refractivity contribution in [2.75, 3.05) is 0 Å². The molecule has 0 bridgehead atoms. The maximum atomic E-state index is 2.34. The molecule has 0 radical (unpaired) electrons. The molecule has 0 aliphatic carbocycles. The second-order valence-corrected chi connectivity index (χ2v) is 11.1. The number of thiophene rings is 2. The minimum Gasteiger partial charge on any atom is -0.143 e. The zero-order chi connectivity index (χ0) is 21.1. The molecule has 0 saturated carbocycles. The van der Waals surface area contributed by atoms with Crippen molar-refractivity contribution in [3.8, 4) is 9.75 Å². The highest BCUT2D eigenvalue weighted by molar-refractivity contribution is 7.21. The summed E-state index contributed by atoms with van der Waals surface area (Å²) in [5.41, 5.74) is 0. The van der Waals surface area contributed by atoms with Gasteiger partial charge in [0.05, 0.1) is 0 Å². The predicted molar refractivity (Wildman–Crippen MR) is 140 cm³/mol. The SMILES string of the molecule is CCCCCCCCCCCCCCCCCCCCc1ccc(-c2cccs2)s1. The van der Waals surface area contributed by atoms with Gasteiger partial charge in [-0.2, -0.15) is 0 Å². The van der Waals surface area contributed by atoms with E-state index >= 15 is 0 Å². The van der Waals surface area contributed by atoms with Gasteiger partial charge in [-0.15, -0.1) is 22.7 Å². The third-order valence-electron chi connectivity index (χ3n) is 6.20. The Morgan fingerprint density at radius 2 is 1.03 bits per heavy atom. The first-order valence-electron chi connectivity index (χ1n) is 13.0. The molecule has 30 heavy (non-hydrogen) atoms. The summed E-state index contributed by atoms with van der Waals surface area (Å²) in [5, 5.41) is 2.17. The molecular weight excluding hydrogens is 400 g/mol. The van der Waals surface area contributed by atoms with Gasteiger partial charge in [0, 0.05) is 14.6 Å². The van der Waals surface area contributed by atoms with E-state index in [1.807, 2.05) is 22.7 Å². The van der Waals surface area contributed by atoms with E-state index in [4.69, 9.17) is 0 Å². The number of unbranched alkanes of at least 4 members (excludes halogenated alkanes) is 17. The minimum atomic E-state index is 1.27. The minimum absolute atomic E-state index is 1.27. The van der Waals surface area contributed by atoms with Crippen LogP contribution < -0.4 is 0 Å². The molecule has 2 aromatic rings. The second-order valence-electron chi connectivity index (χ2n) is 9.00. The lowest BCUT2D eigenvalue weighted by atomic mass is 10.0. The highest BCUT2D eigenvalue weighted by Gasteiger charge is 2.03. The van der Waals surface area contributed by atoms with E-state index in [0.717, 1.165) is 0 Å². The van der Waals surface area contributed by atoms with Crippen LogP contribution in [0.5, 0.6) is 0 Å². The molecule has 2 heteroatoms. The summed E-state index contributed by atoms with van der Waals surface area (Å²) >= 11 is 3.84. The molecule has 0 amide bonds. The molecule has 0 aliphatic rings. The van der Waals surface area contributed by atoms with Crippen molar-refractivity contribution in [3.63, 3.8) is 0 Å². The van der Waals surface area contributed by atoms with E-state index in [-0.39, 0.29) is 0 Å². The molecule has 0 saturated heterocycles. The first-order chi connectivity index (χ1) is 14.9. The van der Waals surface area contributed by atoms with Crippen molar-refractivity contribution in [3.05, 3.63) is 34.5 Å². The smallest absolute Gasteiger partial charge is 0.0445 e. The first kappa shape index (κ1) is 25.7. The Morgan fingerprint density at radius 1 is 0.533 bits per heavy atom. The number of aryl methyl sites for hydroxylation is 1. The van der Waals surface area contributed by atoms with Gasteiger partial charge >= 0.3 is 0 Å². The Bertz CT molecular complexity index is 596. The summed E-state index contributed by atoms with van der Waals surface area (Å²) in [6, 6.07) is 9.03. The summed E-state index contributed by atoms with van der Waals surface area (Å²) in [6.07, 6.45) is 27.4. The summed E-state index contributed by atoms with van der Waals surface area (Å²) < 4.78 is 0. The summed E-state index contributed by atoms with van der Waals surface area (Å²) in [4.78, 5) is 4.43. The van der Waals surface area contributed by atoms with Gasteiger partial charge in [0.2, 0.25) is 0 Å². The fourth-order valence-corrected chi connectivity index (χ4v) is 6.15. The highest BCUT2D eigenvalue weighted by atomic mass is 32.1. The second kappa shape index (κ2) is 18.0. The van der Waals surface area contributed by atoms with Crippen LogP contribution in [0.2, 0.25) is 0 Å². The van der Waals surface area contributed by atoms with Gasteiger partial charge < -0.3 is 0 Å². The normalized spacial score (nSPS) is 11.4. The van der Waals surface area contributed by atoms with E-state index in [1.54, 1.807) is 4.88 Å². The lowest BCUT2D eigenvalue weighted by Gasteiger charge is -2.04. The van der Waals surface area contributed by atoms with Crippen molar-refractivity contribution in [2.24, 2.45) is 0 Å². The molecule has 0 spiro atoms. The standard InChI is InChI=1S/C28H46S2/c1-2-3-4-5-6-7-8-9-10-11-12-13-14-15-16-17-18-19-21-26-23-24-28(30-26)27-22-20-25-29-27/h20,22-25H,2-19,21H2,1H3. The summed E-state index contributed by atoms with van der Waals surface area (Å²) in [7, 11) is 0. The topological polar surface area (TPSA) is 0 Å². The lowest BCUT2D eigenvalue weighted by molar-refractivity contribution is 0.525. The molecule has 0 atom stereocenters. The average molecular weight is 447 g/mol. The molecule has 2 heterocycles. The molecule has 0 unspecified atom stereocenters. The largest absolute Gasteiger partial charge is 0.143 e. The molecule has 0 aliphatic heterocycles. The molecule has 0 nitrogen and oxygen atoms in total. The van der Waals surface area contributed by atoms with Crippen LogP contribution in [0.15, 0.2) is 29.6 Å². The van der Waals surface area contributed by atoms with Gasteiger partial charge in [0.15, 0.2) is 0 Å². The fourth-order valence-electron chi connectivity index (χ4n) is 4.26. The Morgan fingerprint density at radius 3 is 1.50 bits per heavy atom. The van der Waals surface area contributed by atoms with E-state index in [1.165, 1.54) is 132 Å². The predicted octanol–water partition coefficient (Wildman–Crippen LogP) is 11.1. The van der Waals surface area contributed by atoms with Crippen molar-refractivity contribution >= 4 is 22.7 Å². The van der Waals surface area contributed by atoms with Gasteiger partial charge in [0.1, 0.15) is 0 Å². The highest BCUT2D eigenvalue weighted by Crippen LogP contribution is 2.32. The third kappa shape index (κ3) is 12.3. The number of hydrogen-bond acceptors (Lipinski definition) is 2. The maximum Gasteiger partial charge on any atom is 0.0445 e. The molecular formula is C28H46S2. The Kier molecular flexibility index (Phi) is 15.4. The Balaban J connectivity index is 1.29. The Hall–Kier alpha value is -0.600. The van der Waals surface area contributed by atoms with Crippen molar-refractivity contribution < 1.29 is 0 Å². The Labute approximate surface area is 195 Å². The van der Waals surface area contributed by atoms with Crippen LogP contribution in [-0.4, -0.2) is 0 Å². The average Bonchev–Trinajstić information content (AvgIpc) is 3.45. The van der Waals surface area contributed by atoms with Crippen molar-refractivity contribution in [1.29, 1.82) is 0 Å². The van der Waals surface area contributed by atoms with E-state index in [9.17, 15) is 0 Å². The molecule has 2 aromatic heterocycles. The van der Waals surface area contributed by atoms with Gasteiger partial charge in [0.25, 0.3) is 0 Å². The van der Waals surface area contributed by atoms with Crippen molar-refractivity contribution in [1.82, 2.24) is 0 Å². The van der Waals surface area contributed by atoms with Crippen LogP contribution in [0.4, 0.5) is 0 Å². The zero-order valence-electron chi connectivity index (χ0n) is 19.6. The quantitative estimate of drug-likeness (QED) is 0.177. The van der Waals surface area contributed by atoms with Crippen LogP contribution in [0.1, 0.15) is 127 Å². The van der Waals surface area contributed by atoms with Crippen molar-refractivity contribution in [2.45, 2.75) is 129 Å². The van der Waals surface area contributed by atoms with Crippen LogP contribution in [0.3, 0.4) is 0 Å². The lowest BCUT2D eigenvalue weighted by Crippen LogP contribution is -1.85. The molecule has 0 N–H and O–H groups in total. The van der Waals surface area contributed by atoms with Gasteiger partial charge in [-0.25, -0.2) is 0 Å². The van der Waals surface area contributed by atoms with E-state index < -0.39 is 0 Å². The van der Waals surface area contributed by atoms with E-state index in [2.05, 4.69) is 36.6 Å². The fraction of sp³-hybridized carbons (Fsp3) is 0.714. The number of hydrogen-bond donors (Lipinski definition) is 0.